The third kappa shape index (κ3) is 3.25. The van der Waals surface area contributed by atoms with Crippen LogP contribution in [0.25, 0.3) is 0 Å². The number of rotatable bonds is 3. The number of aliphatic hydroxyl groups is 1. The van der Waals surface area contributed by atoms with Crippen LogP contribution in [0, 0.1) is 11.3 Å². The van der Waals surface area contributed by atoms with Crippen molar-refractivity contribution in [3.63, 3.8) is 0 Å². The minimum Gasteiger partial charge on any atom is -0.391 e. The Kier molecular flexibility index (Phi) is 3.86. The van der Waals surface area contributed by atoms with Gasteiger partial charge in [-0.1, -0.05) is 12.8 Å². The highest BCUT2D eigenvalue weighted by Crippen LogP contribution is 2.18. The molecule has 0 aromatic rings. The van der Waals surface area contributed by atoms with Crippen LogP contribution in [0.3, 0.4) is 0 Å². The molecule has 1 aliphatic rings. The predicted octanol–water partition coefficient (Wildman–Crippen LogP) is -0.267. The first-order chi connectivity index (χ1) is 6.55. The van der Waals surface area contributed by atoms with Crippen LogP contribution < -0.4 is 4.72 Å². The number of nitriles is 1. The molecule has 0 spiro atoms. The summed E-state index contributed by atoms with van der Waals surface area (Å²) in [5.74, 6) is -0.545. The van der Waals surface area contributed by atoms with E-state index in [0.717, 1.165) is 12.8 Å². The molecule has 5 nitrogen and oxygen atoms in total. The highest BCUT2D eigenvalue weighted by atomic mass is 32.2. The number of nitrogens with one attached hydrogen (secondary N) is 1. The van der Waals surface area contributed by atoms with Gasteiger partial charge in [-0.3, -0.25) is 0 Å². The van der Waals surface area contributed by atoms with Gasteiger partial charge in [-0.05, 0) is 12.8 Å². The first-order valence-electron chi connectivity index (χ1n) is 4.60. The van der Waals surface area contributed by atoms with Gasteiger partial charge in [-0.2, -0.15) is 5.26 Å². The molecule has 80 valence electrons. The zero-order chi connectivity index (χ0) is 10.6. The molecule has 0 radical (unpaired) electrons. The summed E-state index contributed by atoms with van der Waals surface area (Å²) in [5.41, 5.74) is 0. The monoisotopic (exact) mass is 218 g/mol. The SMILES string of the molecule is N#CCS(=O)(=O)NC1CCCCC1O. The topological polar surface area (TPSA) is 90.2 Å². The second-order valence-electron chi connectivity index (χ2n) is 3.49. The summed E-state index contributed by atoms with van der Waals surface area (Å²) in [5, 5.41) is 17.8. The predicted molar refractivity (Wildman–Crippen MR) is 50.8 cm³/mol. The van der Waals surface area contributed by atoms with Gasteiger partial charge in [0.15, 0.2) is 5.75 Å². The van der Waals surface area contributed by atoms with Crippen molar-refractivity contribution in [2.24, 2.45) is 0 Å². The van der Waals surface area contributed by atoms with Gasteiger partial charge >= 0.3 is 0 Å². The fourth-order valence-corrected chi connectivity index (χ4v) is 2.60. The summed E-state index contributed by atoms with van der Waals surface area (Å²) in [6.07, 6.45) is 2.50. The molecule has 0 heterocycles. The van der Waals surface area contributed by atoms with Crippen LogP contribution >= 0.6 is 0 Å². The summed E-state index contributed by atoms with van der Waals surface area (Å²) in [6, 6.07) is 1.17. The lowest BCUT2D eigenvalue weighted by Gasteiger charge is -2.27. The maximum Gasteiger partial charge on any atom is 0.225 e. The molecule has 2 N–H and O–H groups in total. The summed E-state index contributed by atoms with van der Waals surface area (Å²) >= 11 is 0. The van der Waals surface area contributed by atoms with Gasteiger partial charge in [-0.25, -0.2) is 13.1 Å². The minimum atomic E-state index is -3.54. The van der Waals surface area contributed by atoms with Crippen LogP contribution in [0.2, 0.25) is 0 Å². The molecule has 2 unspecified atom stereocenters. The van der Waals surface area contributed by atoms with E-state index in [9.17, 15) is 13.5 Å². The molecular formula is C8H14N2O3S. The van der Waals surface area contributed by atoms with Gasteiger partial charge in [0.2, 0.25) is 10.0 Å². The van der Waals surface area contributed by atoms with E-state index in [0.29, 0.717) is 12.8 Å². The van der Waals surface area contributed by atoms with Crippen molar-refractivity contribution in [1.29, 1.82) is 5.26 Å². The first-order valence-corrected chi connectivity index (χ1v) is 6.25. The molecule has 0 saturated heterocycles. The third-order valence-corrected chi connectivity index (χ3v) is 3.49. The fourth-order valence-electron chi connectivity index (χ4n) is 1.61. The average molecular weight is 218 g/mol. The van der Waals surface area contributed by atoms with Crippen LogP contribution in [-0.4, -0.2) is 31.4 Å². The largest absolute Gasteiger partial charge is 0.391 e. The molecule has 1 fully saturated rings. The molecular weight excluding hydrogens is 204 g/mol. The maximum absolute atomic E-state index is 11.2. The van der Waals surface area contributed by atoms with Gasteiger partial charge in [0.25, 0.3) is 0 Å². The van der Waals surface area contributed by atoms with E-state index in [2.05, 4.69) is 4.72 Å². The van der Waals surface area contributed by atoms with Crippen molar-refractivity contribution >= 4 is 10.0 Å². The van der Waals surface area contributed by atoms with Crippen molar-refractivity contribution in [2.45, 2.75) is 37.8 Å². The Morgan fingerprint density at radius 2 is 2.07 bits per heavy atom. The summed E-state index contributed by atoms with van der Waals surface area (Å²) < 4.78 is 24.7. The second kappa shape index (κ2) is 4.73. The molecule has 0 aromatic heterocycles. The zero-order valence-electron chi connectivity index (χ0n) is 7.81. The lowest BCUT2D eigenvalue weighted by molar-refractivity contribution is 0.101. The van der Waals surface area contributed by atoms with E-state index in [1.807, 2.05) is 0 Å². The molecule has 1 saturated carbocycles. The van der Waals surface area contributed by atoms with Crippen LogP contribution in [0.15, 0.2) is 0 Å². The van der Waals surface area contributed by atoms with E-state index < -0.39 is 27.9 Å². The highest BCUT2D eigenvalue weighted by Gasteiger charge is 2.26. The Morgan fingerprint density at radius 1 is 1.43 bits per heavy atom. The lowest BCUT2D eigenvalue weighted by Crippen LogP contribution is -2.45. The van der Waals surface area contributed by atoms with Gasteiger partial charge in [0.1, 0.15) is 0 Å². The molecule has 14 heavy (non-hydrogen) atoms. The van der Waals surface area contributed by atoms with Crippen molar-refractivity contribution in [1.82, 2.24) is 4.72 Å². The Labute approximate surface area is 83.8 Å². The molecule has 1 rings (SSSR count). The summed E-state index contributed by atoms with van der Waals surface area (Å²) in [6.45, 7) is 0. The fraction of sp³-hybridized carbons (Fsp3) is 0.875. The number of hydrogen-bond donors (Lipinski definition) is 2. The van der Waals surface area contributed by atoms with Gasteiger partial charge in [0.05, 0.1) is 12.2 Å². The summed E-state index contributed by atoms with van der Waals surface area (Å²) in [4.78, 5) is 0. The van der Waals surface area contributed by atoms with Crippen molar-refractivity contribution in [3.8, 4) is 6.07 Å². The smallest absolute Gasteiger partial charge is 0.225 e. The molecule has 6 heteroatoms. The Hall–Kier alpha value is -0.640. The number of nitrogens with zero attached hydrogens (tertiary/aromatic N) is 1. The standard InChI is InChI=1S/C8H14N2O3S/c9-5-6-14(12,13)10-7-3-1-2-4-8(7)11/h7-8,10-11H,1-4,6H2. The molecule has 0 aliphatic heterocycles. The van der Waals surface area contributed by atoms with Crippen LogP contribution in [0.5, 0.6) is 0 Å². The van der Waals surface area contributed by atoms with E-state index in [-0.39, 0.29) is 0 Å². The average Bonchev–Trinajstić information content (AvgIpc) is 2.08. The van der Waals surface area contributed by atoms with Crippen molar-refractivity contribution < 1.29 is 13.5 Å². The maximum atomic E-state index is 11.2. The van der Waals surface area contributed by atoms with Gasteiger partial charge < -0.3 is 5.11 Å². The van der Waals surface area contributed by atoms with E-state index in [1.165, 1.54) is 0 Å². The number of aliphatic hydroxyl groups excluding tert-OH is 1. The molecule has 0 bridgehead atoms. The number of hydrogen-bond acceptors (Lipinski definition) is 4. The van der Waals surface area contributed by atoms with Crippen molar-refractivity contribution in [2.75, 3.05) is 5.75 Å². The van der Waals surface area contributed by atoms with E-state index in [4.69, 9.17) is 5.26 Å². The van der Waals surface area contributed by atoms with Crippen LogP contribution in [0.1, 0.15) is 25.7 Å². The normalized spacial score (nSPS) is 28.3. The number of sulfonamides is 1. The first kappa shape index (κ1) is 11.4. The van der Waals surface area contributed by atoms with E-state index in [1.54, 1.807) is 6.07 Å². The van der Waals surface area contributed by atoms with Crippen molar-refractivity contribution in [3.05, 3.63) is 0 Å². The summed E-state index contributed by atoms with van der Waals surface area (Å²) in [7, 11) is -3.54. The zero-order valence-corrected chi connectivity index (χ0v) is 8.63. The Morgan fingerprint density at radius 3 is 2.64 bits per heavy atom. The molecule has 0 amide bonds. The van der Waals surface area contributed by atoms with Crippen LogP contribution in [0.4, 0.5) is 0 Å². The molecule has 2 atom stereocenters. The molecule has 0 aromatic carbocycles. The van der Waals surface area contributed by atoms with Gasteiger partial charge in [-0.15, -0.1) is 0 Å². The van der Waals surface area contributed by atoms with Gasteiger partial charge in [0, 0.05) is 6.04 Å². The molecule has 1 aliphatic carbocycles. The quantitative estimate of drug-likeness (QED) is 0.682. The Balaban J connectivity index is 2.55. The van der Waals surface area contributed by atoms with Crippen LogP contribution in [-0.2, 0) is 10.0 Å². The highest BCUT2D eigenvalue weighted by molar-refractivity contribution is 7.89. The lowest BCUT2D eigenvalue weighted by atomic mass is 9.93. The minimum absolute atomic E-state index is 0.415. The Bertz CT molecular complexity index is 320. The third-order valence-electron chi connectivity index (χ3n) is 2.31. The van der Waals surface area contributed by atoms with E-state index >= 15 is 0 Å². The second-order valence-corrected chi connectivity index (χ2v) is 5.25.